The molecule has 0 aliphatic carbocycles. The second-order valence-electron chi connectivity index (χ2n) is 9.70. The summed E-state index contributed by atoms with van der Waals surface area (Å²) < 4.78 is 17.3. The van der Waals surface area contributed by atoms with E-state index in [9.17, 15) is 14.4 Å². The van der Waals surface area contributed by atoms with Crippen molar-refractivity contribution in [2.75, 3.05) is 30.6 Å². The SMILES string of the molecule is CCCCN1C(=O)[C@@]2(O[C@@H](/C=C/c3ccccc3)N(c3ccccc3)C(C(=O)OC)=C2C(=O)OC)c2ccccc21. The number of hydrogen-bond acceptors (Lipinski definition) is 7. The summed E-state index contributed by atoms with van der Waals surface area (Å²) in [6, 6.07) is 25.9. The van der Waals surface area contributed by atoms with Crippen molar-refractivity contribution in [3.05, 3.63) is 113 Å². The first-order valence-electron chi connectivity index (χ1n) is 13.6. The third-order valence-corrected chi connectivity index (χ3v) is 7.29. The zero-order valence-electron chi connectivity index (χ0n) is 23.3. The summed E-state index contributed by atoms with van der Waals surface area (Å²) in [5.41, 5.74) is 0.246. The van der Waals surface area contributed by atoms with Gasteiger partial charge < -0.3 is 24.0 Å². The van der Waals surface area contributed by atoms with Gasteiger partial charge in [0.1, 0.15) is 11.3 Å². The number of hydrogen-bond donors (Lipinski definition) is 0. The van der Waals surface area contributed by atoms with Crippen LogP contribution in [0.1, 0.15) is 30.9 Å². The van der Waals surface area contributed by atoms with Crippen LogP contribution < -0.4 is 9.80 Å². The first kappa shape index (κ1) is 27.9. The Morgan fingerprint density at radius 1 is 0.902 bits per heavy atom. The summed E-state index contributed by atoms with van der Waals surface area (Å²) in [7, 11) is 2.45. The maximum Gasteiger partial charge on any atom is 0.355 e. The molecule has 3 aromatic carbocycles. The molecule has 0 aromatic heterocycles. The van der Waals surface area contributed by atoms with Gasteiger partial charge in [-0.3, -0.25) is 4.79 Å². The smallest absolute Gasteiger partial charge is 0.355 e. The molecular weight excluding hydrogens is 520 g/mol. The Bertz CT molecular complexity index is 1500. The molecule has 2 aliphatic rings. The van der Waals surface area contributed by atoms with Gasteiger partial charge in [-0.25, -0.2) is 9.59 Å². The molecule has 0 N–H and O–H groups in total. The fourth-order valence-corrected chi connectivity index (χ4v) is 5.41. The quantitative estimate of drug-likeness (QED) is 0.355. The topological polar surface area (TPSA) is 85.4 Å². The molecule has 0 saturated heterocycles. The van der Waals surface area contributed by atoms with Crippen molar-refractivity contribution < 1.29 is 28.6 Å². The minimum absolute atomic E-state index is 0.125. The molecule has 210 valence electrons. The number of nitrogens with zero attached hydrogens (tertiary/aromatic N) is 2. The average Bonchev–Trinajstić information content (AvgIpc) is 3.25. The predicted octanol–water partition coefficient (Wildman–Crippen LogP) is 5.21. The Kier molecular flexibility index (Phi) is 8.03. The van der Waals surface area contributed by atoms with E-state index in [2.05, 4.69) is 0 Å². The van der Waals surface area contributed by atoms with Gasteiger partial charge in [-0.05, 0) is 36.3 Å². The van der Waals surface area contributed by atoms with Crippen LogP contribution in [0.5, 0.6) is 0 Å². The monoisotopic (exact) mass is 552 g/mol. The van der Waals surface area contributed by atoms with Crippen molar-refractivity contribution >= 4 is 35.3 Å². The van der Waals surface area contributed by atoms with Gasteiger partial charge in [-0.1, -0.05) is 86.2 Å². The molecule has 1 amide bonds. The number of carbonyl (C=O) groups is 3. The van der Waals surface area contributed by atoms with E-state index in [0.29, 0.717) is 23.5 Å². The van der Waals surface area contributed by atoms with E-state index in [1.165, 1.54) is 14.2 Å². The lowest BCUT2D eigenvalue weighted by Gasteiger charge is -2.45. The fraction of sp³-hybridized carbons (Fsp3) is 0.242. The largest absolute Gasteiger partial charge is 0.465 e. The predicted molar refractivity (Wildman–Crippen MR) is 156 cm³/mol. The maximum atomic E-state index is 14.6. The van der Waals surface area contributed by atoms with E-state index in [1.807, 2.05) is 73.7 Å². The fourth-order valence-electron chi connectivity index (χ4n) is 5.41. The summed E-state index contributed by atoms with van der Waals surface area (Å²) in [4.78, 5) is 45.2. The van der Waals surface area contributed by atoms with Crippen molar-refractivity contribution in [1.82, 2.24) is 0 Å². The highest BCUT2D eigenvalue weighted by Gasteiger charge is 2.63. The van der Waals surface area contributed by atoms with Crippen molar-refractivity contribution in [2.24, 2.45) is 0 Å². The van der Waals surface area contributed by atoms with E-state index in [0.717, 1.165) is 18.4 Å². The summed E-state index contributed by atoms with van der Waals surface area (Å²) in [6.45, 7) is 2.46. The number of amides is 1. The van der Waals surface area contributed by atoms with Crippen molar-refractivity contribution in [2.45, 2.75) is 31.6 Å². The van der Waals surface area contributed by atoms with Crippen LogP contribution >= 0.6 is 0 Å². The molecule has 0 fully saturated rings. The maximum absolute atomic E-state index is 14.6. The number of fused-ring (bicyclic) bond motifs is 2. The number of carbonyl (C=O) groups excluding carboxylic acids is 3. The van der Waals surface area contributed by atoms with E-state index in [-0.39, 0.29) is 11.3 Å². The molecule has 0 unspecified atom stereocenters. The van der Waals surface area contributed by atoms with Gasteiger partial charge in [-0.2, -0.15) is 0 Å². The van der Waals surface area contributed by atoms with Crippen LogP contribution in [0.15, 0.2) is 102 Å². The molecule has 3 aromatic rings. The Morgan fingerprint density at radius 3 is 2.20 bits per heavy atom. The molecule has 2 aliphatic heterocycles. The molecule has 8 nitrogen and oxygen atoms in total. The van der Waals surface area contributed by atoms with Crippen LogP contribution in [0.3, 0.4) is 0 Å². The van der Waals surface area contributed by atoms with Crippen LogP contribution in [0.25, 0.3) is 6.08 Å². The lowest BCUT2D eigenvalue weighted by Crippen LogP contribution is -2.57. The van der Waals surface area contributed by atoms with Gasteiger partial charge in [-0.15, -0.1) is 0 Å². The van der Waals surface area contributed by atoms with E-state index >= 15 is 0 Å². The van der Waals surface area contributed by atoms with Gasteiger partial charge in [0.25, 0.3) is 5.91 Å². The van der Waals surface area contributed by atoms with E-state index in [1.54, 1.807) is 40.1 Å². The molecule has 1 spiro atoms. The summed E-state index contributed by atoms with van der Waals surface area (Å²) in [5, 5.41) is 0. The van der Waals surface area contributed by atoms with Crippen LogP contribution in [-0.4, -0.2) is 44.8 Å². The highest BCUT2D eigenvalue weighted by molar-refractivity contribution is 6.17. The second kappa shape index (κ2) is 11.8. The molecule has 0 saturated carbocycles. The molecule has 5 rings (SSSR count). The number of methoxy groups -OCH3 is 2. The van der Waals surface area contributed by atoms with Crippen LogP contribution in [0.4, 0.5) is 11.4 Å². The molecule has 41 heavy (non-hydrogen) atoms. The zero-order valence-corrected chi connectivity index (χ0v) is 23.3. The Hall–Kier alpha value is -4.69. The lowest BCUT2D eigenvalue weighted by atomic mass is 9.83. The normalized spacial score (nSPS) is 20.1. The Labute approximate surface area is 239 Å². The molecule has 2 heterocycles. The summed E-state index contributed by atoms with van der Waals surface area (Å²) >= 11 is 0. The third kappa shape index (κ3) is 4.80. The van der Waals surface area contributed by atoms with Crippen LogP contribution in [0.2, 0.25) is 0 Å². The number of benzene rings is 3. The van der Waals surface area contributed by atoms with Crippen molar-refractivity contribution in [1.29, 1.82) is 0 Å². The third-order valence-electron chi connectivity index (χ3n) is 7.29. The first-order valence-corrected chi connectivity index (χ1v) is 13.6. The number of rotatable bonds is 8. The van der Waals surface area contributed by atoms with E-state index in [4.69, 9.17) is 14.2 Å². The second-order valence-corrected chi connectivity index (χ2v) is 9.70. The van der Waals surface area contributed by atoms with Gasteiger partial charge in [0.2, 0.25) is 5.60 Å². The zero-order chi connectivity index (χ0) is 29.0. The number of unbranched alkanes of at least 4 members (excludes halogenated alkanes) is 1. The molecular formula is C33H32N2O6. The Balaban J connectivity index is 1.83. The average molecular weight is 553 g/mol. The number of para-hydroxylation sites is 2. The van der Waals surface area contributed by atoms with Crippen molar-refractivity contribution in [3.8, 4) is 0 Å². The van der Waals surface area contributed by atoms with Gasteiger partial charge in [0.15, 0.2) is 6.23 Å². The molecule has 8 heteroatoms. The highest BCUT2D eigenvalue weighted by atomic mass is 16.6. The minimum Gasteiger partial charge on any atom is -0.465 e. The number of ether oxygens (including phenoxy) is 3. The molecule has 2 atom stereocenters. The standard InChI is InChI=1S/C33H32N2O6/c1-4-5-22-34-26-19-13-12-18-25(26)33(32(34)38)28(30(36)39-2)29(31(37)40-3)35(24-16-10-7-11-17-24)27(41-33)21-20-23-14-8-6-9-15-23/h6-21,27H,4-5,22H2,1-3H3/b21-20+/t27-,33+/m0/s1. The lowest BCUT2D eigenvalue weighted by molar-refractivity contribution is -0.156. The minimum atomic E-state index is -1.95. The summed E-state index contributed by atoms with van der Waals surface area (Å²) in [5.74, 6) is -2.12. The molecule has 0 radical (unpaired) electrons. The van der Waals surface area contributed by atoms with E-state index < -0.39 is 29.7 Å². The van der Waals surface area contributed by atoms with Crippen LogP contribution in [-0.2, 0) is 34.2 Å². The van der Waals surface area contributed by atoms with Gasteiger partial charge in [0, 0.05) is 17.8 Å². The number of anilines is 2. The van der Waals surface area contributed by atoms with Crippen LogP contribution in [0, 0.1) is 0 Å². The number of esters is 2. The molecule has 0 bridgehead atoms. The van der Waals surface area contributed by atoms with Gasteiger partial charge in [0.05, 0.1) is 19.9 Å². The highest BCUT2D eigenvalue weighted by Crippen LogP contribution is 2.53. The Morgan fingerprint density at radius 2 is 1.54 bits per heavy atom. The van der Waals surface area contributed by atoms with Crippen molar-refractivity contribution in [3.63, 3.8) is 0 Å². The van der Waals surface area contributed by atoms with Gasteiger partial charge >= 0.3 is 11.9 Å². The first-order chi connectivity index (χ1) is 20.0. The summed E-state index contributed by atoms with van der Waals surface area (Å²) in [6.07, 6.45) is 4.24.